The molecule has 1 amide bonds. The summed E-state index contributed by atoms with van der Waals surface area (Å²) >= 11 is 0. The number of benzene rings is 1. The van der Waals surface area contributed by atoms with E-state index < -0.39 is 16.2 Å². The number of ketones is 1. The van der Waals surface area contributed by atoms with Gasteiger partial charge in [-0.15, -0.1) is 0 Å². The average molecular weight is 356 g/mol. The number of fused-ring (bicyclic) bond motifs is 2. The summed E-state index contributed by atoms with van der Waals surface area (Å²) < 4.78 is 0. The monoisotopic (exact) mass is 356 g/mol. The molecule has 1 aromatic carbocycles. The van der Waals surface area contributed by atoms with Gasteiger partial charge in [-0.1, -0.05) is 51.4 Å². The fraction of sp³-hybridized carbons (Fsp3) is 0.571. The maximum atomic E-state index is 13.2. The number of rotatable bonds is 5. The number of amides is 1. The highest BCUT2D eigenvalue weighted by atomic mass is 16.4. The van der Waals surface area contributed by atoms with Gasteiger partial charge >= 0.3 is 0 Å². The maximum absolute atomic E-state index is 13.2. The quantitative estimate of drug-likeness (QED) is 0.471. The lowest BCUT2D eigenvalue weighted by Crippen LogP contribution is -2.47. The molecule has 2 aliphatic carbocycles. The summed E-state index contributed by atoms with van der Waals surface area (Å²) in [5.41, 5.74) is -0.299. The van der Waals surface area contributed by atoms with Gasteiger partial charge in [0.05, 0.1) is 0 Å². The molecule has 0 aliphatic heterocycles. The van der Waals surface area contributed by atoms with E-state index in [9.17, 15) is 14.8 Å². The minimum Gasteiger partial charge on any atom is -0.411 e. The van der Waals surface area contributed by atoms with Gasteiger partial charge in [0.1, 0.15) is 11.1 Å². The second-order valence-electron chi connectivity index (χ2n) is 8.39. The minimum absolute atomic E-state index is 0.138. The van der Waals surface area contributed by atoms with Crippen molar-refractivity contribution in [2.45, 2.75) is 59.8 Å². The molecule has 0 spiro atoms. The number of carbonyl (C=O) groups is 2. The molecule has 0 heterocycles. The Bertz CT molecular complexity index is 766. The average Bonchev–Trinajstić information content (AvgIpc) is 2.89. The molecule has 2 aliphatic rings. The lowest BCUT2D eigenvalue weighted by atomic mass is 9.64. The molecule has 2 saturated carbocycles. The second kappa shape index (κ2) is 6.22. The van der Waals surface area contributed by atoms with Crippen LogP contribution in [0.25, 0.3) is 0 Å². The van der Waals surface area contributed by atoms with E-state index in [0.29, 0.717) is 18.5 Å². The van der Waals surface area contributed by atoms with Crippen LogP contribution < -0.4 is 5.32 Å². The Morgan fingerprint density at radius 2 is 1.85 bits per heavy atom. The van der Waals surface area contributed by atoms with Crippen molar-refractivity contribution in [2.75, 3.05) is 5.32 Å². The highest BCUT2D eigenvalue weighted by Gasteiger charge is 2.76. The molecular weight excluding hydrogens is 328 g/mol. The number of oxime groups is 1. The molecule has 2 unspecified atom stereocenters. The molecule has 2 bridgehead atoms. The Balaban J connectivity index is 1.87. The van der Waals surface area contributed by atoms with Gasteiger partial charge in [-0.25, -0.2) is 0 Å². The molecular formula is C21H28N2O3. The Labute approximate surface area is 154 Å². The third kappa shape index (κ3) is 2.25. The fourth-order valence-corrected chi connectivity index (χ4v) is 4.83. The predicted octanol–water partition coefficient (Wildman–Crippen LogP) is 4.19. The molecule has 0 radical (unpaired) electrons. The van der Waals surface area contributed by atoms with Crippen LogP contribution in [0, 0.1) is 16.2 Å². The molecule has 26 heavy (non-hydrogen) atoms. The highest BCUT2D eigenvalue weighted by Crippen LogP contribution is 2.69. The van der Waals surface area contributed by atoms with E-state index in [1.54, 1.807) is 0 Å². The van der Waals surface area contributed by atoms with E-state index in [2.05, 4.69) is 17.4 Å². The van der Waals surface area contributed by atoms with Crippen LogP contribution in [0.1, 0.15) is 58.9 Å². The van der Waals surface area contributed by atoms with Crippen molar-refractivity contribution in [3.63, 3.8) is 0 Å². The third-order valence-corrected chi connectivity index (χ3v) is 7.09. The standard InChI is InChI=1S/C21H28N2O3/c1-5-6-7-14-8-10-15(11-9-14)22-18(25)21-13-12-20(4,19(21,2)3)16(23-26)17(21)24/h8-11,26H,5-7,12-13H2,1-4H3,(H,22,25)/b23-16+. The smallest absolute Gasteiger partial charge is 0.239 e. The molecule has 140 valence electrons. The molecule has 1 aromatic rings. The van der Waals surface area contributed by atoms with Crippen LogP contribution in [-0.4, -0.2) is 22.6 Å². The number of hydrogen-bond acceptors (Lipinski definition) is 4. The molecule has 2 fully saturated rings. The summed E-state index contributed by atoms with van der Waals surface area (Å²) in [4.78, 5) is 26.2. The van der Waals surface area contributed by atoms with Crippen LogP contribution in [0.2, 0.25) is 0 Å². The Kier molecular flexibility index (Phi) is 4.45. The van der Waals surface area contributed by atoms with Gasteiger partial charge in [-0.05, 0) is 48.8 Å². The van der Waals surface area contributed by atoms with Crippen LogP contribution in [0.15, 0.2) is 29.4 Å². The molecule has 2 atom stereocenters. The first-order valence-corrected chi connectivity index (χ1v) is 9.42. The van der Waals surface area contributed by atoms with E-state index in [4.69, 9.17) is 0 Å². The first-order chi connectivity index (χ1) is 12.2. The topological polar surface area (TPSA) is 78.8 Å². The number of unbranched alkanes of at least 4 members (excludes halogenated alkanes) is 1. The third-order valence-electron chi connectivity index (χ3n) is 7.09. The van der Waals surface area contributed by atoms with Crippen LogP contribution in [0.5, 0.6) is 0 Å². The van der Waals surface area contributed by atoms with Gasteiger partial charge < -0.3 is 10.5 Å². The van der Waals surface area contributed by atoms with Gasteiger partial charge in [0.2, 0.25) is 5.91 Å². The van der Waals surface area contributed by atoms with Crippen molar-refractivity contribution in [1.82, 2.24) is 0 Å². The van der Waals surface area contributed by atoms with Gasteiger partial charge in [-0.3, -0.25) is 9.59 Å². The molecule has 5 nitrogen and oxygen atoms in total. The maximum Gasteiger partial charge on any atom is 0.239 e. The molecule has 2 N–H and O–H groups in total. The lowest BCUT2D eigenvalue weighted by molar-refractivity contribution is -0.140. The summed E-state index contributed by atoms with van der Waals surface area (Å²) in [5.74, 6) is -0.632. The number of nitrogens with zero attached hydrogens (tertiary/aromatic N) is 1. The van der Waals surface area contributed by atoms with Crippen molar-refractivity contribution >= 4 is 23.1 Å². The number of aryl methyl sites for hydroxylation is 1. The van der Waals surface area contributed by atoms with Crippen molar-refractivity contribution in [1.29, 1.82) is 0 Å². The molecule has 0 aromatic heterocycles. The van der Waals surface area contributed by atoms with Gasteiger partial charge in [-0.2, -0.15) is 0 Å². The summed E-state index contributed by atoms with van der Waals surface area (Å²) in [6.45, 7) is 7.95. The number of anilines is 1. The zero-order valence-electron chi connectivity index (χ0n) is 16.1. The van der Waals surface area contributed by atoms with Crippen LogP contribution in [0.3, 0.4) is 0 Å². The Morgan fingerprint density at radius 3 is 2.38 bits per heavy atom. The number of hydrogen-bond donors (Lipinski definition) is 2. The van der Waals surface area contributed by atoms with Crippen LogP contribution >= 0.6 is 0 Å². The molecule has 3 rings (SSSR count). The zero-order chi connectivity index (χ0) is 19.2. The molecule has 5 heteroatoms. The fourth-order valence-electron chi connectivity index (χ4n) is 4.83. The van der Waals surface area contributed by atoms with E-state index >= 15 is 0 Å². The summed E-state index contributed by atoms with van der Waals surface area (Å²) in [6, 6.07) is 7.82. The SMILES string of the molecule is CCCCc1ccc(NC(=O)C23CCC(C)(/C(=N/O)C2=O)C3(C)C)cc1. The van der Waals surface area contributed by atoms with E-state index in [1.165, 1.54) is 5.56 Å². The van der Waals surface area contributed by atoms with E-state index in [0.717, 1.165) is 19.3 Å². The summed E-state index contributed by atoms with van der Waals surface area (Å²) in [7, 11) is 0. The van der Waals surface area contributed by atoms with Gasteiger partial charge in [0, 0.05) is 11.1 Å². The Hall–Kier alpha value is -2.17. The highest BCUT2D eigenvalue weighted by molar-refractivity contribution is 6.51. The second-order valence-corrected chi connectivity index (χ2v) is 8.39. The van der Waals surface area contributed by atoms with Gasteiger partial charge in [0.15, 0.2) is 5.78 Å². The van der Waals surface area contributed by atoms with Crippen LogP contribution in [0.4, 0.5) is 5.69 Å². The Morgan fingerprint density at radius 1 is 1.19 bits per heavy atom. The number of nitrogens with one attached hydrogen (secondary N) is 1. The summed E-state index contributed by atoms with van der Waals surface area (Å²) in [5, 5.41) is 15.6. The van der Waals surface area contributed by atoms with Gasteiger partial charge in [0.25, 0.3) is 0 Å². The number of carbonyl (C=O) groups excluding carboxylic acids is 2. The minimum atomic E-state index is -1.18. The molecule has 0 saturated heterocycles. The van der Waals surface area contributed by atoms with Crippen molar-refractivity contribution in [3.8, 4) is 0 Å². The largest absolute Gasteiger partial charge is 0.411 e. The predicted molar refractivity (Wildman–Crippen MR) is 101 cm³/mol. The van der Waals surface area contributed by atoms with Crippen LogP contribution in [-0.2, 0) is 16.0 Å². The first-order valence-electron chi connectivity index (χ1n) is 9.42. The normalized spacial score (nSPS) is 30.8. The zero-order valence-corrected chi connectivity index (χ0v) is 16.1. The van der Waals surface area contributed by atoms with E-state index in [-0.39, 0.29) is 17.4 Å². The lowest BCUT2D eigenvalue weighted by Gasteiger charge is -2.37. The van der Waals surface area contributed by atoms with E-state index in [1.807, 2.05) is 45.0 Å². The summed E-state index contributed by atoms with van der Waals surface area (Å²) in [6.07, 6.45) is 4.45. The van der Waals surface area contributed by atoms with Crippen molar-refractivity contribution in [2.24, 2.45) is 21.4 Å². The first kappa shape index (κ1) is 18.6. The van der Waals surface area contributed by atoms with Crippen molar-refractivity contribution in [3.05, 3.63) is 29.8 Å². The number of Topliss-reactive ketones (excluding diaryl/α,β-unsaturated/α-hetero) is 1. The van der Waals surface area contributed by atoms with Crippen molar-refractivity contribution < 1.29 is 14.8 Å².